The van der Waals surface area contributed by atoms with Gasteiger partial charge in [-0.2, -0.15) is 0 Å². The molecular weight excluding hydrogens is 366 g/mol. The molecule has 0 radical (unpaired) electrons. The molecule has 0 fully saturated rings. The van der Waals surface area contributed by atoms with E-state index in [1.807, 2.05) is 0 Å². The molecule has 0 aliphatic carbocycles. The Kier molecular flexibility index (Phi) is 4.28. The Morgan fingerprint density at radius 2 is 1.53 bits per heavy atom. The molecule has 30 heavy (non-hydrogen) atoms. The molecule has 3 heteroatoms. The highest BCUT2D eigenvalue weighted by molar-refractivity contribution is 5.96. The van der Waals surface area contributed by atoms with E-state index in [4.69, 9.17) is 0 Å². The number of benzene rings is 3. The molecule has 2 heterocycles. The van der Waals surface area contributed by atoms with Gasteiger partial charge in [0.25, 0.3) is 5.82 Å². The highest BCUT2D eigenvalue weighted by atomic mass is 15.4. The number of aryl methyl sites for hydroxylation is 1. The number of aromatic nitrogens is 1. The van der Waals surface area contributed by atoms with Crippen LogP contribution in [0.1, 0.15) is 18.1 Å². The Bertz CT molecular complexity index is 1270. The van der Waals surface area contributed by atoms with Crippen LogP contribution in [0.2, 0.25) is 0 Å². The number of rotatable bonds is 2. The van der Waals surface area contributed by atoms with E-state index in [0.717, 1.165) is 0 Å². The molecule has 3 aromatic carbocycles. The molecule has 0 saturated carbocycles. The molecule has 0 unspecified atom stereocenters. The van der Waals surface area contributed by atoms with Gasteiger partial charge in [-0.05, 0) is 49.4 Å². The lowest BCUT2D eigenvalue weighted by atomic mass is 9.96. The molecule has 1 aromatic heterocycles. The zero-order valence-corrected chi connectivity index (χ0v) is 18.3. The van der Waals surface area contributed by atoms with Crippen molar-refractivity contribution >= 4 is 28.0 Å². The summed E-state index contributed by atoms with van der Waals surface area (Å²) < 4.78 is 2.37. The molecule has 0 amide bonds. The molecule has 4 aromatic rings. The van der Waals surface area contributed by atoms with E-state index in [1.165, 1.54) is 50.3 Å². The van der Waals surface area contributed by atoms with Crippen LogP contribution in [0.5, 0.6) is 0 Å². The maximum atomic E-state index is 2.45. The molecule has 3 nitrogen and oxygen atoms in total. The van der Waals surface area contributed by atoms with Crippen molar-refractivity contribution in [2.45, 2.75) is 26.9 Å². The van der Waals surface area contributed by atoms with Crippen LogP contribution < -0.4 is 14.4 Å². The van der Waals surface area contributed by atoms with Crippen LogP contribution in [0, 0.1) is 13.8 Å². The van der Waals surface area contributed by atoms with Gasteiger partial charge in [-0.3, -0.25) is 0 Å². The van der Waals surface area contributed by atoms with Gasteiger partial charge < -0.3 is 4.90 Å². The minimum atomic E-state index is 0.237. The van der Waals surface area contributed by atoms with Gasteiger partial charge in [0.05, 0.1) is 12.7 Å². The SMILES string of the molecule is Cc1cccc(-c2c3ccccc3cc(N3c4ccccc4N(C)[C@H]3C)[n+]2C)c1C. The topological polar surface area (TPSA) is 10.4 Å². The van der Waals surface area contributed by atoms with Gasteiger partial charge in [0, 0.05) is 24.1 Å². The highest BCUT2D eigenvalue weighted by Crippen LogP contribution is 2.43. The number of anilines is 3. The predicted octanol–water partition coefficient (Wildman–Crippen LogP) is 5.88. The average Bonchev–Trinajstić information content (AvgIpc) is 3.01. The first-order valence-corrected chi connectivity index (χ1v) is 10.6. The normalized spacial score (nSPS) is 15.7. The van der Waals surface area contributed by atoms with Crippen LogP contribution in [0.4, 0.5) is 17.2 Å². The molecule has 150 valence electrons. The van der Waals surface area contributed by atoms with E-state index >= 15 is 0 Å². The largest absolute Gasteiger partial charge is 0.333 e. The summed E-state index contributed by atoms with van der Waals surface area (Å²) in [6, 6.07) is 26.4. The summed E-state index contributed by atoms with van der Waals surface area (Å²) in [6.45, 7) is 6.69. The van der Waals surface area contributed by atoms with E-state index in [-0.39, 0.29) is 6.17 Å². The van der Waals surface area contributed by atoms with Crippen LogP contribution in [-0.2, 0) is 7.05 Å². The Morgan fingerprint density at radius 1 is 0.833 bits per heavy atom. The number of hydrogen-bond acceptors (Lipinski definition) is 2. The van der Waals surface area contributed by atoms with Crippen LogP contribution in [0.3, 0.4) is 0 Å². The number of pyridine rings is 1. The predicted molar refractivity (Wildman–Crippen MR) is 126 cm³/mol. The lowest BCUT2D eigenvalue weighted by molar-refractivity contribution is -0.646. The van der Waals surface area contributed by atoms with Gasteiger partial charge in [-0.25, -0.2) is 9.47 Å². The summed E-state index contributed by atoms with van der Waals surface area (Å²) in [7, 11) is 4.38. The van der Waals surface area contributed by atoms with E-state index in [0.29, 0.717) is 0 Å². The number of nitrogens with zero attached hydrogens (tertiary/aromatic N) is 3. The second-order valence-electron chi connectivity index (χ2n) is 8.35. The van der Waals surface area contributed by atoms with Crippen LogP contribution >= 0.6 is 0 Å². The molecule has 5 rings (SSSR count). The van der Waals surface area contributed by atoms with Gasteiger partial charge in [0.2, 0.25) is 0 Å². The second kappa shape index (κ2) is 6.88. The van der Waals surface area contributed by atoms with Crippen molar-refractivity contribution in [2.24, 2.45) is 7.05 Å². The molecule has 1 atom stereocenters. The first-order valence-electron chi connectivity index (χ1n) is 10.6. The summed E-state index contributed by atoms with van der Waals surface area (Å²) in [6.07, 6.45) is 0.237. The fourth-order valence-electron chi connectivity index (χ4n) is 4.79. The zero-order chi connectivity index (χ0) is 21.0. The third-order valence-electron chi connectivity index (χ3n) is 6.74. The maximum Gasteiger partial charge on any atom is 0.284 e. The van der Waals surface area contributed by atoms with Crippen LogP contribution in [0.25, 0.3) is 22.0 Å². The Morgan fingerprint density at radius 3 is 2.33 bits per heavy atom. The van der Waals surface area contributed by atoms with Gasteiger partial charge in [0.1, 0.15) is 5.69 Å². The summed E-state index contributed by atoms with van der Waals surface area (Å²) in [5.41, 5.74) is 7.74. The first-order chi connectivity index (χ1) is 14.5. The van der Waals surface area contributed by atoms with Crippen molar-refractivity contribution in [1.82, 2.24) is 0 Å². The minimum absolute atomic E-state index is 0.237. The lowest BCUT2D eigenvalue weighted by Gasteiger charge is -2.23. The monoisotopic (exact) mass is 394 g/mol. The molecule has 1 aliphatic heterocycles. The fourth-order valence-corrected chi connectivity index (χ4v) is 4.79. The maximum absolute atomic E-state index is 2.45. The van der Waals surface area contributed by atoms with Gasteiger partial charge in [0.15, 0.2) is 11.9 Å². The zero-order valence-electron chi connectivity index (χ0n) is 18.3. The standard InChI is InChI=1S/C27H28N3/c1-18-11-10-14-22(19(18)2)27-23-13-7-6-12-21(23)17-26(29(27)5)30-20(3)28(4)24-15-8-9-16-25(24)30/h6-17,20H,1-5H3/q+1/t20-/m1/s1. The Labute approximate surface area is 178 Å². The average molecular weight is 395 g/mol. The molecule has 0 bridgehead atoms. The summed E-state index contributed by atoms with van der Waals surface area (Å²) in [5, 5.41) is 2.55. The Hall–Kier alpha value is -3.33. The summed E-state index contributed by atoms with van der Waals surface area (Å²) in [5.74, 6) is 1.20. The van der Waals surface area contributed by atoms with E-state index < -0.39 is 0 Å². The van der Waals surface area contributed by atoms with Crippen molar-refractivity contribution in [1.29, 1.82) is 0 Å². The van der Waals surface area contributed by atoms with E-state index in [9.17, 15) is 0 Å². The fraction of sp³-hybridized carbons (Fsp3) is 0.222. The van der Waals surface area contributed by atoms with Crippen molar-refractivity contribution in [3.63, 3.8) is 0 Å². The number of fused-ring (bicyclic) bond motifs is 2. The first kappa shape index (κ1) is 18.7. The summed E-state index contributed by atoms with van der Waals surface area (Å²) >= 11 is 0. The van der Waals surface area contributed by atoms with Gasteiger partial charge in [-0.15, -0.1) is 0 Å². The van der Waals surface area contributed by atoms with E-state index in [2.05, 4.69) is 122 Å². The number of para-hydroxylation sites is 2. The van der Waals surface area contributed by atoms with E-state index in [1.54, 1.807) is 0 Å². The van der Waals surface area contributed by atoms with Crippen molar-refractivity contribution in [2.75, 3.05) is 16.8 Å². The molecular formula is C27H28N3+. The lowest BCUT2D eigenvalue weighted by Crippen LogP contribution is -2.44. The molecule has 0 N–H and O–H groups in total. The van der Waals surface area contributed by atoms with Crippen LogP contribution in [-0.4, -0.2) is 13.2 Å². The third kappa shape index (κ3) is 2.62. The van der Waals surface area contributed by atoms with Crippen molar-refractivity contribution in [3.8, 4) is 11.3 Å². The quantitative estimate of drug-likeness (QED) is 0.393. The smallest absolute Gasteiger partial charge is 0.284 e. The van der Waals surface area contributed by atoms with Crippen molar-refractivity contribution in [3.05, 3.63) is 83.9 Å². The van der Waals surface area contributed by atoms with Crippen LogP contribution in [0.15, 0.2) is 72.8 Å². The molecule has 0 saturated heterocycles. The third-order valence-corrected chi connectivity index (χ3v) is 6.74. The highest BCUT2D eigenvalue weighted by Gasteiger charge is 2.39. The van der Waals surface area contributed by atoms with Crippen molar-refractivity contribution < 1.29 is 4.57 Å². The molecule has 1 aliphatic rings. The van der Waals surface area contributed by atoms with Gasteiger partial charge >= 0.3 is 0 Å². The van der Waals surface area contributed by atoms with Gasteiger partial charge in [-0.1, -0.05) is 54.6 Å². The summed E-state index contributed by atoms with van der Waals surface area (Å²) in [4.78, 5) is 4.80. The Balaban J connectivity index is 1.84. The number of hydrogen-bond donors (Lipinski definition) is 0. The second-order valence-corrected chi connectivity index (χ2v) is 8.35. The minimum Gasteiger partial charge on any atom is -0.333 e. The molecule has 0 spiro atoms.